The molecule has 0 amide bonds. The molecule has 0 aromatic heterocycles. The summed E-state index contributed by atoms with van der Waals surface area (Å²) in [6.07, 6.45) is 2.41. The molecule has 1 aromatic rings. The van der Waals surface area contributed by atoms with Gasteiger partial charge < -0.3 is 5.11 Å². The van der Waals surface area contributed by atoms with Crippen LogP contribution in [0, 0.1) is 12.8 Å². The normalized spacial score (nSPS) is 16.8. The molecule has 2 rings (SSSR count). The van der Waals surface area contributed by atoms with Gasteiger partial charge in [-0.05, 0) is 25.3 Å². The number of hydrogen-bond donors (Lipinski definition) is 1. The summed E-state index contributed by atoms with van der Waals surface area (Å²) in [5, 5.41) is 9.01. The van der Waals surface area contributed by atoms with Crippen LogP contribution in [-0.4, -0.2) is 28.6 Å². The molecule has 3 heteroatoms. The number of aliphatic carboxylic acids is 1. The number of benzene rings is 1. The van der Waals surface area contributed by atoms with E-state index in [4.69, 9.17) is 5.11 Å². The smallest absolute Gasteiger partial charge is 0.307 e. The zero-order chi connectivity index (χ0) is 13.1. The minimum absolute atomic E-state index is 0.295. The summed E-state index contributed by atoms with van der Waals surface area (Å²) in [5.41, 5.74) is 2.53. The second-order valence-corrected chi connectivity index (χ2v) is 5.39. The Bertz CT molecular complexity index is 409. The number of aryl methyl sites for hydroxylation is 1. The molecular weight excluding hydrogens is 226 g/mol. The van der Waals surface area contributed by atoms with Crippen LogP contribution in [-0.2, 0) is 11.3 Å². The second kappa shape index (κ2) is 5.53. The Labute approximate surface area is 108 Å². The van der Waals surface area contributed by atoms with Gasteiger partial charge in [0.05, 0.1) is 5.92 Å². The van der Waals surface area contributed by atoms with Gasteiger partial charge in [-0.15, -0.1) is 0 Å². The SMILES string of the molecule is Cc1ccc(CN(CC(C)C(=O)O)C2CC2)cc1. The minimum Gasteiger partial charge on any atom is -0.481 e. The zero-order valence-electron chi connectivity index (χ0n) is 11.1. The van der Waals surface area contributed by atoms with Gasteiger partial charge in [-0.2, -0.15) is 0 Å². The lowest BCUT2D eigenvalue weighted by Crippen LogP contribution is -2.33. The fourth-order valence-corrected chi connectivity index (χ4v) is 2.14. The zero-order valence-corrected chi connectivity index (χ0v) is 11.1. The standard InChI is InChI=1S/C15H21NO2/c1-11-3-5-13(6-4-11)10-16(14-7-8-14)9-12(2)15(17)18/h3-6,12,14H,7-10H2,1-2H3,(H,17,18). The Balaban J connectivity index is 1.98. The van der Waals surface area contributed by atoms with Crippen LogP contribution in [0.3, 0.4) is 0 Å². The van der Waals surface area contributed by atoms with E-state index in [1.807, 2.05) is 0 Å². The van der Waals surface area contributed by atoms with Gasteiger partial charge in [0.2, 0.25) is 0 Å². The van der Waals surface area contributed by atoms with Crippen LogP contribution in [0.15, 0.2) is 24.3 Å². The Morgan fingerprint density at radius 1 is 1.39 bits per heavy atom. The summed E-state index contributed by atoms with van der Waals surface area (Å²) in [6.45, 7) is 5.37. The number of rotatable bonds is 6. The van der Waals surface area contributed by atoms with Gasteiger partial charge in [0, 0.05) is 19.1 Å². The third kappa shape index (κ3) is 3.57. The molecule has 0 radical (unpaired) electrons. The lowest BCUT2D eigenvalue weighted by atomic mass is 10.1. The molecule has 0 saturated heterocycles. The van der Waals surface area contributed by atoms with Gasteiger partial charge >= 0.3 is 5.97 Å². The highest BCUT2D eigenvalue weighted by atomic mass is 16.4. The third-order valence-electron chi connectivity index (χ3n) is 3.50. The fraction of sp³-hybridized carbons (Fsp3) is 0.533. The average molecular weight is 247 g/mol. The van der Waals surface area contributed by atoms with Gasteiger partial charge in [0.25, 0.3) is 0 Å². The van der Waals surface area contributed by atoms with Gasteiger partial charge in [0.15, 0.2) is 0 Å². The van der Waals surface area contributed by atoms with Crippen molar-refractivity contribution in [3.05, 3.63) is 35.4 Å². The van der Waals surface area contributed by atoms with Crippen LogP contribution in [0.25, 0.3) is 0 Å². The molecule has 1 aromatic carbocycles. The van der Waals surface area contributed by atoms with Crippen LogP contribution in [0.1, 0.15) is 30.9 Å². The molecule has 0 heterocycles. The van der Waals surface area contributed by atoms with E-state index in [0.717, 1.165) is 6.54 Å². The van der Waals surface area contributed by atoms with E-state index in [1.165, 1.54) is 24.0 Å². The van der Waals surface area contributed by atoms with E-state index < -0.39 is 5.97 Å². The summed E-state index contributed by atoms with van der Waals surface area (Å²) in [7, 11) is 0. The molecular formula is C15H21NO2. The fourth-order valence-electron chi connectivity index (χ4n) is 2.14. The van der Waals surface area contributed by atoms with E-state index in [9.17, 15) is 4.79 Å². The Morgan fingerprint density at radius 3 is 2.50 bits per heavy atom. The van der Waals surface area contributed by atoms with Crippen molar-refractivity contribution in [2.24, 2.45) is 5.92 Å². The Kier molecular flexibility index (Phi) is 4.02. The van der Waals surface area contributed by atoms with Crippen molar-refractivity contribution in [2.75, 3.05) is 6.54 Å². The molecule has 0 bridgehead atoms. The van der Waals surface area contributed by atoms with Gasteiger partial charge in [-0.1, -0.05) is 36.8 Å². The highest BCUT2D eigenvalue weighted by Gasteiger charge is 2.30. The molecule has 0 aliphatic heterocycles. The highest BCUT2D eigenvalue weighted by Crippen LogP contribution is 2.29. The molecule has 1 atom stereocenters. The predicted octanol–water partition coefficient (Wildman–Crippen LogP) is 2.68. The summed E-state index contributed by atoms with van der Waals surface area (Å²) in [5.74, 6) is -0.999. The lowest BCUT2D eigenvalue weighted by molar-refractivity contribution is -0.141. The summed E-state index contributed by atoms with van der Waals surface area (Å²) >= 11 is 0. The molecule has 1 fully saturated rings. The Morgan fingerprint density at radius 2 is 2.00 bits per heavy atom. The van der Waals surface area contributed by atoms with E-state index in [2.05, 4.69) is 36.1 Å². The first-order chi connectivity index (χ1) is 8.56. The van der Waals surface area contributed by atoms with Crippen LogP contribution < -0.4 is 0 Å². The number of carboxylic acid groups (broad SMARTS) is 1. The summed E-state index contributed by atoms with van der Waals surface area (Å²) < 4.78 is 0. The quantitative estimate of drug-likeness (QED) is 0.840. The molecule has 3 nitrogen and oxygen atoms in total. The van der Waals surface area contributed by atoms with Crippen molar-refractivity contribution in [2.45, 2.75) is 39.3 Å². The predicted molar refractivity (Wildman–Crippen MR) is 71.4 cm³/mol. The molecule has 1 N–H and O–H groups in total. The molecule has 18 heavy (non-hydrogen) atoms. The monoisotopic (exact) mass is 247 g/mol. The van der Waals surface area contributed by atoms with Gasteiger partial charge in [-0.25, -0.2) is 0 Å². The highest BCUT2D eigenvalue weighted by molar-refractivity contribution is 5.69. The first-order valence-corrected chi connectivity index (χ1v) is 6.58. The van der Waals surface area contributed by atoms with Crippen LogP contribution in [0.5, 0.6) is 0 Å². The summed E-state index contributed by atoms with van der Waals surface area (Å²) in [4.78, 5) is 13.3. The van der Waals surface area contributed by atoms with E-state index in [0.29, 0.717) is 12.6 Å². The molecule has 1 aliphatic rings. The maximum atomic E-state index is 10.9. The van der Waals surface area contributed by atoms with Crippen LogP contribution in [0.4, 0.5) is 0 Å². The maximum absolute atomic E-state index is 10.9. The first-order valence-electron chi connectivity index (χ1n) is 6.58. The number of carboxylic acids is 1. The lowest BCUT2D eigenvalue weighted by Gasteiger charge is -2.24. The number of nitrogens with zero attached hydrogens (tertiary/aromatic N) is 1. The van der Waals surface area contributed by atoms with Crippen LogP contribution in [0.2, 0.25) is 0 Å². The van der Waals surface area contributed by atoms with Crippen molar-refractivity contribution >= 4 is 5.97 Å². The maximum Gasteiger partial charge on any atom is 0.307 e. The molecule has 1 unspecified atom stereocenters. The van der Waals surface area contributed by atoms with Crippen molar-refractivity contribution in [3.8, 4) is 0 Å². The number of carbonyl (C=O) groups is 1. The largest absolute Gasteiger partial charge is 0.481 e. The molecule has 0 spiro atoms. The molecule has 98 valence electrons. The van der Waals surface area contributed by atoms with Gasteiger partial charge in [0.1, 0.15) is 0 Å². The molecule has 1 saturated carbocycles. The number of hydrogen-bond acceptors (Lipinski definition) is 2. The minimum atomic E-state index is -0.704. The third-order valence-corrected chi connectivity index (χ3v) is 3.50. The van der Waals surface area contributed by atoms with Crippen molar-refractivity contribution in [1.29, 1.82) is 0 Å². The van der Waals surface area contributed by atoms with E-state index >= 15 is 0 Å². The first kappa shape index (κ1) is 13.1. The van der Waals surface area contributed by atoms with Crippen molar-refractivity contribution in [1.82, 2.24) is 4.90 Å². The second-order valence-electron chi connectivity index (χ2n) is 5.39. The molecule has 1 aliphatic carbocycles. The van der Waals surface area contributed by atoms with Gasteiger partial charge in [-0.3, -0.25) is 9.69 Å². The van der Waals surface area contributed by atoms with E-state index in [-0.39, 0.29) is 5.92 Å². The van der Waals surface area contributed by atoms with Crippen LogP contribution >= 0.6 is 0 Å². The average Bonchev–Trinajstić information content (AvgIpc) is 3.14. The Hall–Kier alpha value is -1.35. The summed E-state index contributed by atoms with van der Waals surface area (Å²) in [6, 6.07) is 9.09. The van der Waals surface area contributed by atoms with Crippen molar-refractivity contribution in [3.63, 3.8) is 0 Å². The topological polar surface area (TPSA) is 40.5 Å². The van der Waals surface area contributed by atoms with Crippen molar-refractivity contribution < 1.29 is 9.90 Å². The van der Waals surface area contributed by atoms with E-state index in [1.54, 1.807) is 6.92 Å².